The third kappa shape index (κ3) is 15.4. The average Bonchev–Trinajstić information content (AvgIpc) is 2.47. The summed E-state index contributed by atoms with van der Waals surface area (Å²) < 4.78 is 0. The summed E-state index contributed by atoms with van der Waals surface area (Å²) in [6.45, 7) is 2.24. The van der Waals surface area contributed by atoms with E-state index in [1.165, 1.54) is 64.2 Å². The lowest BCUT2D eigenvalue weighted by atomic mass is 10.1. The van der Waals surface area contributed by atoms with Crippen molar-refractivity contribution in [1.82, 2.24) is 0 Å². The second-order valence-electron chi connectivity index (χ2n) is 5.72. The Morgan fingerprint density at radius 2 is 1.30 bits per heavy atom. The number of aliphatic hydroxyl groups is 1. The first-order valence-electron chi connectivity index (χ1n) is 8.59. The SMILES string of the molecule is CCCCCC=CCCCCCCCCCC(O)C=O. The van der Waals surface area contributed by atoms with Crippen molar-refractivity contribution in [3.05, 3.63) is 12.2 Å². The van der Waals surface area contributed by atoms with Gasteiger partial charge in [0.1, 0.15) is 12.4 Å². The molecule has 1 N–H and O–H groups in total. The Morgan fingerprint density at radius 3 is 1.85 bits per heavy atom. The van der Waals surface area contributed by atoms with Gasteiger partial charge in [-0.1, -0.05) is 70.4 Å². The van der Waals surface area contributed by atoms with Gasteiger partial charge in [-0.15, -0.1) is 0 Å². The van der Waals surface area contributed by atoms with E-state index in [2.05, 4.69) is 19.1 Å². The third-order valence-corrected chi connectivity index (χ3v) is 3.67. The Labute approximate surface area is 125 Å². The van der Waals surface area contributed by atoms with Gasteiger partial charge in [0.05, 0.1) is 0 Å². The van der Waals surface area contributed by atoms with Gasteiger partial charge in [-0.05, 0) is 32.1 Å². The third-order valence-electron chi connectivity index (χ3n) is 3.67. The van der Waals surface area contributed by atoms with Crippen LogP contribution >= 0.6 is 0 Å². The Hall–Kier alpha value is -0.630. The molecular weight excluding hydrogens is 248 g/mol. The van der Waals surface area contributed by atoms with Gasteiger partial charge in [-0.3, -0.25) is 0 Å². The first-order chi connectivity index (χ1) is 9.81. The predicted octanol–water partition coefficient (Wildman–Crippen LogP) is 5.19. The smallest absolute Gasteiger partial charge is 0.148 e. The van der Waals surface area contributed by atoms with Crippen LogP contribution in [0.15, 0.2) is 12.2 Å². The number of hydrogen-bond donors (Lipinski definition) is 1. The lowest BCUT2D eigenvalue weighted by Gasteiger charge is -2.03. The van der Waals surface area contributed by atoms with Crippen molar-refractivity contribution in [2.75, 3.05) is 0 Å². The molecule has 0 aliphatic carbocycles. The summed E-state index contributed by atoms with van der Waals surface area (Å²) >= 11 is 0. The van der Waals surface area contributed by atoms with Crippen molar-refractivity contribution in [2.45, 2.75) is 96.5 Å². The molecule has 0 aromatic carbocycles. The van der Waals surface area contributed by atoms with Crippen LogP contribution in [0.3, 0.4) is 0 Å². The molecule has 2 nitrogen and oxygen atoms in total. The van der Waals surface area contributed by atoms with Crippen molar-refractivity contribution in [3.8, 4) is 0 Å². The minimum atomic E-state index is -0.737. The zero-order valence-electron chi connectivity index (χ0n) is 13.4. The van der Waals surface area contributed by atoms with E-state index < -0.39 is 6.10 Å². The van der Waals surface area contributed by atoms with Crippen LogP contribution in [0, 0.1) is 0 Å². The molecular formula is C18H34O2. The van der Waals surface area contributed by atoms with Gasteiger partial charge in [0.25, 0.3) is 0 Å². The quantitative estimate of drug-likeness (QED) is 0.255. The topological polar surface area (TPSA) is 37.3 Å². The van der Waals surface area contributed by atoms with Crippen molar-refractivity contribution < 1.29 is 9.90 Å². The van der Waals surface area contributed by atoms with Crippen molar-refractivity contribution in [1.29, 1.82) is 0 Å². The molecule has 0 aromatic heterocycles. The number of aldehydes is 1. The second kappa shape index (κ2) is 16.4. The molecule has 0 bridgehead atoms. The Kier molecular flexibility index (Phi) is 15.9. The summed E-state index contributed by atoms with van der Waals surface area (Å²) in [5.74, 6) is 0. The number of unbranched alkanes of at least 4 members (excludes halogenated alkanes) is 10. The molecule has 1 atom stereocenters. The number of aliphatic hydroxyl groups excluding tert-OH is 1. The fourth-order valence-corrected chi connectivity index (χ4v) is 2.32. The number of carbonyl (C=O) groups is 1. The fourth-order valence-electron chi connectivity index (χ4n) is 2.32. The molecule has 20 heavy (non-hydrogen) atoms. The van der Waals surface area contributed by atoms with E-state index in [0.717, 1.165) is 12.8 Å². The normalized spacial score (nSPS) is 12.9. The summed E-state index contributed by atoms with van der Waals surface area (Å²) in [6, 6.07) is 0. The van der Waals surface area contributed by atoms with Gasteiger partial charge in [-0.2, -0.15) is 0 Å². The van der Waals surface area contributed by atoms with Gasteiger partial charge < -0.3 is 9.90 Å². The fraction of sp³-hybridized carbons (Fsp3) is 0.833. The maximum Gasteiger partial charge on any atom is 0.148 e. The van der Waals surface area contributed by atoms with Crippen LogP contribution < -0.4 is 0 Å². The molecule has 118 valence electrons. The van der Waals surface area contributed by atoms with E-state index in [4.69, 9.17) is 5.11 Å². The van der Waals surface area contributed by atoms with Gasteiger partial charge in [0.2, 0.25) is 0 Å². The van der Waals surface area contributed by atoms with Crippen LogP contribution in [0.4, 0.5) is 0 Å². The predicted molar refractivity (Wildman–Crippen MR) is 86.9 cm³/mol. The highest BCUT2D eigenvalue weighted by molar-refractivity contribution is 5.55. The van der Waals surface area contributed by atoms with E-state index in [9.17, 15) is 4.79 Å². The van der Waals surface area contributed by atoms with Crippen LogP contribution in [-0.4, -0.2) is 17.5 Å². The lowest BCUT2D eigenvalue weighted by Crippen LogP contribution is -2.06. The Bertz CT molecular complexity index is 223. The van der Waals surface area contributed by atoms with E-state index >= 15 is 0 Å². The molecule has 0 aliphatic rings. The monoisotopic (exact) mass is 282 g/mol. The zero-order valence-corrected chi connectivity index (χ0v) is 13.4. The van der Waals surface area contributed by atoms with Crippen LogP contribution in [0.5, 0.6) is 0 Å². The highest BCUT2D eigenvalue weighted by Gasteiger charge is 1.99. The number of hydrogen-bond acceptors (Lipinski definition) is 2. The van der Waals surface area contributed by atoms with Crippen molar-refractivity contribution in [3.63, 3.8) is 0 Å². The lowest BCUT2D eigenvalue weighted by molar-refractivity contribution is -0.115. The van der Waals surface area contributed by atoms with Crippen molar-refractivity contribution >= 4 is 6.29 Å². The molecule has 2 heteroatoms. The molecule has 0 aromatic rings. The van der Waals surface area contributed by atoms with Gasteiger partial charge in [-0.25, -0.2) is 0 Å². The highest BCUT2D eigenvalue weighted by Crippen LogP contribution is 2.11. The maximum atomic E-state index is 10.2. The summed E-state index contributed by atoms with van der Waals surface area (Å²) in [5.41, 5.74) is 0. The molecule has 0 aliphatic heterocycles. The summed E-state index contributed by atoms with van der Waals surface area (Å²) in [4.78, 5) is 10.2. The minimum Gasteiger partial charge on any atom is -0.386 e. The molecule has 0 radical (unpaired) electrons. The zero-order chi connectivity index (χ0) is 14.9. The van der Waals surface area contributed by atoms with Crippen LogP contribution in [0.25, 0.3) is 0 Å². The number of allylic oxidation sites excluding steroid dienone is 2. The molecule has 0 spiro atoms. The van der Waals surface area contributed by atoms with Gasteiger partial charge >= 0.3 is 0 Å². The summed E-state index contributed by atoms with van der Waals surface area (Å²) in [5, 5.41) is 9.07. The molecule has 0 saturated carbocycles. The standard InChI is InChI=1S/C18H34O2/c1-2-3-4-5-6-7-8-9-10-11-12-13-14-15-16-18(20)17-19/h6-7,17-18,20H,2-5,8-16H2,1H3. The van der Waals surface area contributed by atoms with E-state index in [1.54, 1.807) is 0 Å². The van der Waals surface area contributed by atoms with Gasteiger partial charge in [0, 0.05) is 0 Å². The van der Waals surface area contributed by atoms with E-state index in [1.807, 2.05) is 0 Å². The number of rotatable bonds is 15. The average molecular weight is 282 g/mol. The van der Waals surface area contributed by atoms with Gasteiger partial charge in [0.15, 0.2) is 0 Å². The van der Waals surface area contributed by atoms with Crippen LogP contribution in [-0.2, 0) is 4.79 Å². The molecule has 1 unspecified atom stereocenters. The van der Waals surface area contributed by atoms with Crippen LogP contribution in [0.2, 0.25) is 0 Å². The molecule has 0 amide bonds. The second-order valence-corrected chi connectivity index (χ2v) is 5.72. The first kappa shape index (κ1) is 19.4. The molecule has 0 saturated heterocycles. The molecule has 0 rings (SSSR count). The molecule has 0 heterocycles. The Balaban J connectivity index is 3.07. The van der Waals surface area contributed by atoms with E-state index in [0.29, 0.717) is 12.7 Å². The summed E-state index contributed by atoms with van der Waals surface area (Å²) in [6.07, 6.45) is 20.3. The number of carbonyl (C=O) groups excluding carboxylic acids is 1. The minimum absolute atomic E-state index is 0.631. The largest absolute Gasteiger partial charge is 0.386 e. The maximum absolute atomic E-state index is 10.2. The molecule has 0 fully saturated rings. The summed E-state index contributed by atoms with van der Waals surface area (Å²) in [7, 11) is 0. The van der Waals surface area contributed by atoms with Crippen LogP contribution in [0.1, 0.15) is 90.4 Å². The van der Waals surface area contributed by atoms with Crippen molar-refractivity contribution in [2.24, 2.45) is 0 Å². The Morgan fingerprint density at radius 1 is 0.800 bits per heavy atom. The first-order valence-corrected chi connectivity index (χ1v) is 8.59. The highest BCUT2D eigenvalue weighted by atomic mass is 16.3. The van der Waals surface area contributed by atoms with E-state index in [-0.39, 0.29) is 0 Å².